The molecule has 5 heteroatoms. The van der Waals surface area contributed by atoms with Crippen molar-refractivity contribution in [3.05, 3.63) is 30.1 Å². The molecule has 0 bridgehead atoms. The Kier molecular flexibility index (Phi) is 4.45. The second-order valence-electron chi connectivity index (χ2n) is 4.31. The van der Waals surface area contributed by atoms with Crippen LogP contribution in [0, 0.1) is 5.82 Å². The summed E-state index contributed by atoms with van der Waals surface area (Å²) in [7, 11) is 0. The number of hydrogen-bond donors (Lipinski definition) is 2. The molecule has 2 N–H and O–H groups in total. The molecule has 0 atom stereocenters. The van der Waals surface area contributed by atoms with Gasteiger partial charge in [0.1, 0.15) is 0 Å². The Bertz CT molecular complexity index is 393. The fourth-order valence-corrected chi connectivity index (χ4v) is 1.16. The molecule has 0 saturated carbocycles. The minimum absolute atomic E-state index is 0.0319. The van der Waals surface area contributed by atoms with Crippen LogP contribution in [0.2, 0.25) is 0 Å². The van der Waals surface area contributed by atoms with Gasteiger partial charge in [-0.2, -0.15) is 0 Å². The van der Waals surface area contributed by atoms with Crippen LogP contribution in [-0.4, -0.2) is 29.8 Å². The lowest BCUT2D eigenvalue weighted by Crippen LogP contribution is -2.48. The Labute approximate surface area is 99.4 Å². The maximum Gasteiger partial charge on any atom is 0.258 e. The zero-order chi connectivity index (χ0) is 12.9. The number of benzene rings is 1. The number of hydrogen-bond acceptors (Lipinski definition) is 3. The van der Waals surface area contributed by atoms with Crippen molar-refractivity contribution in [2.75, 3.05) is 13.2 Å². The van der Waals surface area contributed by atoms with Crippen LogP contribution in [0.25, 0.3) is 0 Å². The number of halogens is 1. The zero-order valence-electron chi connectivity index (χ0n) is 9.87. The number of carbonyl (C=O) groups is 1. The van der Waals surface area contributed by atoms with E-state index in [2.05, 4.69) is 5.32 Å². The number of amides is 1. The topological polar surface area (TPSA) is 58.6 Å². The van der Waals surface area contributed by atoms with Crippen molar-refractivity contribution in [2.24, 2.45) is 0 Å². The monoisotopic (exact) mass is 241 g/mol. The quantitative estimate of drug-likeness (QED) is 0.811. The van der Waals surface area contributed by atoms with Crippen LogP contribution in [-0.2, 0) is 4.79 Å². The average Bonchev–Trinajstić information content (AvgIpc) is 2.27. The molecule has 0 radical (unpaired) electrons. The Hall–Kier alpha value is -1.62. The lowest BCUT2D eigenvalue weighted by Gasteiger charge is -2.23. The number of ether oxygens (including phenoxy) is 1. The van der Waals surface area contributed by atoms with Gasteiger partial charge in [0.15, 0.2) is 18.2 Å². The molecule has 1 rings (SSSR count). The lowest BCUT2D eigenvalue weighted by atomic mass is 10.1. The van der Waals surface area contributed by atoms with Crippen LogP contribution in [0.3, 0.4) is 0 Å². The first kappa shape index (κ1) is 13.4. The normalized spacial score (nSPS) is 11.1. The maximum absolute atomic E-state index is 13.1. The summed E-state index contributed by atoms with van der Waals surface area (Å²) >= 11 is 0. The van der Waals surface area contributed by atoms with Gasteiger partial charge in [0.2, 0.25) is 0 Å². The predicted octanol–water partition coefficient (Wildman–Crippen LogP) is 1.09. The third kappa shape index (κ3) is 4.40. The van der Waals surface area contributed by atoms with E-state index in [4.69, 9.17) is 9.84 Å². The van der Waals surface area contributed by atoms with E-state index in [1.54, 1.807) is 19.9 Å². The van der Waals surface area contributed by atoms with E-state index >= 15 is 0 Å². The van der Waals surface area contributed by atoms with Gasteiger partial charge in [0.05, 0.1) is 12.1 Å². The summed E-state index contributed by atoms with van der Waals surface area (Å²) in [6, 6.07) is 5.86. The van der Waals surface area contributed by atoms with Gasteiger partial charge in [-0.25, -0.2) is 4.39 Å². The molecule has 0 aromatic heterocycles. The average molecular weight is 241 g/mol. The summed E-state index contributed by atoms with van der Waals surface area (Å²) in [4.78, 5) is 11.4. The first-order valence-electron chi connectivity index (χ1n) is 5.24. The van der Waals surface area contributed by atoms with Gasteiger partial charge in [0, 0.05) is 0 Å². The van der Waals surface area contributed by atoms with Crippen molar-refractivity contribution in [2.45, 2.75) is 19.4 Å². The van der Waals surface area contributed by atoms with Gasteiger partial charge in [-0.15, -0.1) is 0 Å². The minimum Gasteiger partial charge on any atom is -0.481 e. The van der Waals surface area contributed by atoms with Gasteiger partial charge < -0.3 is 15.2 Å². The highest BCUT2D eigenvalue weighted by Crippen LogP contribution is 2.15. The number of aliphatic hydroxyl groups is 1. The lowest BCUT2D eigenvalue weighted by molar-refractivity contribution is -0.125. The molecule has 4 nitrogen and oxygen atoms in total. The van der Waals surface area contributed by atoms with Crippen molar-refractivity contribution in [1.82, 2.24) is 5.32 Å². The molecule has 0 unspecified atom stereocenters. The first-order chi connectivity index (χ1) is 7.94. The standard InChI is InChI=1S/C12H16FNO3/c1-12(2,8-15)14-11(16)7-17-10-6-4-3-5-9(10)13/h3-6,15H,7-8H2,1-2H3,(H,14,16). The van der Waals surface area contributed by atoms with Gasteiger partial charge >= 0.3 is 0 Å². The van der Waals surface area contributed by atoms with Gasteiger partial charge in [0.25, 0.3) is 5.91 Å². The number of para-hydroxylation sites is 1. The maximum atomic E-state index is 13.1. The van der Waals surface area contributed by atoms with Crippen LogP contribution in [0.1, 0.15) is 13.8 Å². The smallest absolute Gasteiger partial charge is 0.258 e. The predicted molar refractivity (Wildman–Crippen MR) is 61.2 cm³/mol. The Morgan fingerprint density at radius 1 is 1.47 bits per heavy atom. The third-order valence-electron chi connectivity index (χ3n) is 2.07. The van der Waals surface area contributed by atoms with Crippen molar-refractivity contribution in [3.8, 4) is 5.75 Å². The van der Waals surface area contributed by atoms with E-state index in [0.717, 1.165) is 0 Å². The highest BCUT2D eigenvalue weighted by atomic mass is 19.1. The highest BCUT2D eigenvalue weighted by molar-refractivity contribution is 5.78. The molecule has 0 fully saturated rings. The van der Waals surface area contributed by atoms with Crippen molar-refractivity contribution in [1.29, 1.82) is 0 Å². The van der Waals surface area contributed by atoms with Gasteiger partial charge in [-0.1, -0.05) is 12.1 Å². The second kappa shape index (κ2) is 5.63. The number of rotatable bonds is 5. The highest BCUT2D eigenvalue weighted by Gasteiger charge is 2.19. The molecule has 0 aliphatic carbocycles. The first-order valence-corrected chi connectivity index (χ1v) is 5.24. The van der Waals surface area contributed by atoms with Crippen molar-refractivity contribution in [3.63, 3.8) is 0 Å². The summed E-state index contributed by atoms with van der Waals surface area (Å²) in [6.45, 7) is 2.88. The Balaban J connectivity index is 2.47. The summed E-state index contributed by atoms with van der Waals surface area (Å²) in [5.41, 5.74) is -0.713. The van der Waals surface area contributed by atoms with E-state index < -0.39 is 17.3 Å². The molecule has 0 spiro atoms. The fraction of sp³-hybridized carbons (Fsp3) is 0.417. The van der Waals surface area contributed by atoms with Crippen LogP contribution < -0.4 is 10.1 Å². The van der Waals surface area contributed by atoms with E-state index in [1.807, 2.05) is 0 Å². The molecule has 1 amide bonds. The molecule has 1 aromatic rings. The Morgan fingerprint density at radius 3 is 2.71 bits per heavy atom. The number of carbonyl (C=O) groups excluding carboxylic acids is 1. The van der Waals surface area contributed by atoms with E-state index in [9.17, 15) is 9.18 Å². The molecule has 1 aromatic carbocycles. The molecular formula is C12H16FNO3. The molecule has 0 heterocycles. The van der Waals surface area contributed by atoms with Crippen LogP contribution in [0.15, 0.2) is 24.3 Å². The van der Waals surface area contributed by atoms with E-state index in [-0.39, 0.29) is 19.0 Å². The van der Waals surface area contributed by atoms with Crippen molar-refractivity contribution >= 4 is 5.91 Å². The summed E-state index contributed by atoms with van der Waals surface area (Å²) < 4.78 is 18.2. The molecule has 17 heavy (non-hydrogen) atoms. The van der Waals surface area contributed by atoms with Gasteiger partial charge in [-0.05, 0) is 26.0 Å². The summed E-state index contributed by atoms with van der Waals surface area (Å²) in [6.07, 6.45) is 0. The molecule has 0 aliphatic rings. The SMILES string of the molecule is CC(C)(CO)NC(=O)COc1ccccc1F. The molecular weight excluding hydrogens is 225 g/mol. The molecule has 0 saturated heterocycles. The third-order valence-corrected chi connectivity index (χ3v) is 2.07. The largest absolute Gasteiger partial charge is 0.481 e. The van der Waals surface area contributed by atoms with Crippen LogP contribution in [0.5, 0.6) is 5.75 Å². The second-order valence-corrected chi connectivity index (χ2v) is 4.31. The number of aliphatic hydroxyl groups excluding tert-OH is 1. The summed E-state index contributed by atoms with van der Waals surface area (Å²) in [5, 5.41) is 11.5. The number of nitrogens with one attached hydrogen (secondary N) is 1. The van der Waals surface area contributed by atoms with Gasteiger partial charge in [-0.3, -0.25) is 4.79 Å². The van der Waals surface area contributed by atoms with Crippen LogP contribution >= 0.6 is 0 Å². The Morgan fingerprint density at radius 2 is 2.12 bits per heavy atom. The molecule has 0 aliphatic heterocycles. The summed E-state index contributed by atoms with van der Waals surface area (Å²) in [5.74, 6) is -0.890. The zero-order valence-corrected chi connectivity index (χ0v) is 9.87. The van der Waals surface area contributed by atoms with E-state index in [1.165, 1.54) is 18.2 Å². The van der Waals surface area contributed by atoms with Crippen LogP contribution in [0.4, 0.5) is 4.39 Å². The van der Waals surface area contributed by atoms with Crippen molar-refractivity contribution < 1.29 is 19.0 Å². The fourth-order valence-electron chi connectivity index (χ4n) is 1.16. The van der Waals surface area contributed by atoms with E-state index in [0.29, 0.717) is 0 Å². The minimum atomic E-state index is -0.713. The molecule has 94 valence electrons.